The summed E-state index contributed by atoms with van der Waals surface area (Å²) >= 11 is 12.0. The van der Waals surface area contributed by atoms with Gasteiger partial charge in [0.05, 0.1) is 22.4 Å². The van der Waals surface area contributed by atoms with E-state index in [0.29, 0.717) is 15.6 Å². The van der Waals surface area contributed by atoms with E-state index in [1.807, 2.05) is 0 Å². The van der Waals surface area contributed by atoms with Crippen LogP contribution in [0.15, 0.2) is 18.2 Å². The highest BCUT2D eigenvalue weighted by Crippen LogP contribution is 2.27. The van der Waals surface area contributed by atoms with E-state index in [1.165, 1.54) is 0 Å². The van der Waals surface area contributed by atoms with Crippen LogP contribution in [0.3, 0.4) is 0 Å². The van der Waals surface area contributed by atoms with Gasteiger partial charge >= 0.3 is 0 Å². The number of benzene rings is 1. The van der Waals surface area contributed by atoms with Crippen LogP contribution in [0.2, 0.25) is 10.0 Å². The van der Waals surface area contributed by atoms with Crippen LogP contribution in [0, 0.1) is 5.92 Å². The van der Waals surface area contributed by atoms with Crippen LogP contribution in [-0.2, 0) is 16.0 Å². The number of halogens is 2. The molecule has 0 radical (unpaired) electrons. The summed E-state index contributed by atoms with van der Waals surface area (Å²) in [7, 11) is 0. The molecule has 0 unspecified atom stereocenters. The fraction of sp³-hybridized carbons (Fsp3) is 0.429. The predicted octanol–water partition coefficient (Wildman–Crippen LogP) is 2.31. The molecule has 0 saturated heterocycles. The van der Waals surface area contributed by atoms with Gasteiger partial charge in [0, 0.05) is 6.04 Å². The van der Waals surface area contributed by atoms with Crippen molar-refractivity contribution in [1.29, 1.82) is 0 Å². The normalized spacial score (nSPS) is 21.7. The van der Waals surface area contributed by atoms with Crippen LogP contribution in [0.4, 0.5) is 0 Å². The van der Waals surface area contributed by atoms with Gasteiger partial charge in [-0.3, -0.25) is 9.59 Å². The van der Waals surface area contributed by atoms with Crippen LogP contribution in [0.25, 0.3) is 0 Å². The second-order valence-electron chi connectivity index (χ2n) is 5.00. The summed E-state index contributed by atoms with van der Waals surface area (Å²) in [6, 6.07) is 5.01. The molecule has 0 spiro atoms. The molecule has 0 bridgehead atoms. The van der Waals surface area contributed by atoms with E-state index in [1.54, 1.807) is 18.2 Å². The van der Waals surface area contributed by atoms with Crippen molar-refractivity contribution in [2.24, 2.45) is 11.7 Å². The Hall–Kier alpha value is -1.26. The minimum absolute atomic E-state index is 0.140. The highest BCUT2D eigenvalue weighted by Gasteiger charge is 2.32. The first-order valence-electron chi connectivity index (χ1n) is 6.50. The lowest BCUT2D eigenvalue weighted by Crippen LogP contribution is -2.42. The van der Waals surface area contributed by atoms with E-state index in [-0.39, 0.29) is 30.2 Å². The summed E-state index contributed by atoms with van der Waals surface area (Å²) in [6.45, 7) is 0. The third kappa shape index (κ3) is 3.44. The van der Waals surface area contributed by atoms with E-state index < -0.39 is 0 Å². The van der Waals surface area contributed by atoms with E-state index in [4.69, 9.17) is 28.9 Å². The zero-order valence-corrected chi connectivity index (χ0v) is 12.4. The van der Waals surface area contributed by atoms with Gasteiger partial charge in [-0.1, -0.05) is 41.8 Å². The molecule has 1 saturated carbocycles. The third-order valence-electron chi connectivity index (χ3n) is 3.61. The first kappa shape index (κ1) is 15.1. The summed E-state index contributed by atoms with van der Waals surface area (Å²) < 4.78 is 0. The third-order valence-corrected chi connectivity index (χ3v) is 4.47. The molecule has 1 aromatic rings. The van der Waals surface area contributed by atoms with Gasteiger partial charge in [-0.15, -0.1) is 0 Å². The maximum absolute atomic E-state index is 12.0. The van der Waals surface area contributed by atoms with Crippen molar-refractivity contribution in [1.82, 2.24) is 5.32 Å². The van der Waals surface area contributed by atoms with E-state index in [0.717, 1.165) is 19.3 Å². The molecule has 4 nitrogen and oxygen atoms in total. The van der Waals surface area contributed by atoms with E-state index in [2.05, 4.69) is 5.32 Å². The lowest BCUT2D eigenvalue weighted by atomic mass is 10.0. The number of carbonyl (C=O) groups is 2. The zero-order valence-electron chi connectivity index (χ0n) is 10.9. The van der Waals surface area contributed by atoms with Gasteiger partial charge in [0.1, 0.15) is 0 Å². The van der Waals surface area contributed by atoms with Crippen molar-refractivity contribution in [3.63, 3.8) is 0 Å². The SMILES string of the molecule is NC(=O)[C@H]1CCC[C@@H]1NC(=O)Cc1cccc(Cl)c1Cl. The van der Waals surface area contributed by atoms with Crippen molar-refractivity contribution < 1.29 is 9.59 Å². The van der Waals surface area contributed by atoms with Gasteiger partial charge in [-0.25, -0.2) is 0 Å². The summed E-state index contributed by atoms with van der Waals surface area (Å²) in [6.07, 6.45) is 2.55. The maximum atomic E-state index is 12.0. The van der Waals surface area contributed by atoms with Crippen molar-refractivity contribution in [3.05, 3.63) is 33.8 Å². The molecule has 0 heterocycles. The van der Waals surface area contributed by atoms with E-state index >= 15 is 0 Å². The first-order chi connectivity index (χ1) is 9.49. The van der Waals surface area contributed by atoms with Crippen molar-refractivity contribution in [3.8, 4) is 0 Å². The number of primary amides is 1. The lowest BCUT2D eigenvalue weighted by molar-refractivity contribution is -0.124. The standard InChI is InChI=1S/C14H16Cl2N2O2/c15-10-5-1-3-8(13(10)16)7-12(19)18-11-6-2-4-9(11)14(17)20/h1,3,5,9,11H,2,4,6-7H2,(H2,17,20)(H,18,19)/t9-,11-/m0/s1. The summed E-state index contributed by atoms with van der Waals surface area (Å²) in [5, 5.41) is 3.68. The molecule has 1 aliphatic carbocycles. The van der Waals surface area contributed by atoms with Crippen LogP contribution >= 0.6 is 23.2 Å². The number of hydrogen-bond donors (Lipinski definition) is 2. The summed E-state index contributed by atoms with van der Waals surface area (Å²) in [4.78, 5) is 23.3. The molecule has 1 aliphatic rings. The van der Waals surface area contributed by atoms with Gasteiger partial charge in [0.2, 0.25) is 11.8 Å². The topological polar surface area (TPSA) is 72.2 Å². The van der Waals surface area contributed by atoms with Crippen LogP contribution in [-0.4, -0.2) is 17.9 Å². The minimum Gasteiger partial charge on any atom is -0.369 e. The molecule has 108 valence electrons. The quantitative estimate of drug-likeness (QED) is 0.895. The van der Waals surface area contributed by atoms with Crippen molar-refractivity contribution >= 4 is 35.0 Å². The number of carbonyl (C=O) groups excluding carboxylic acids is 2. The molecule has 6 heteroatoms. The molecule has 20 heavy (non-hydrogen) atoms. The molecule has 3 N–H and O–H groups in total. The highest BCUT2D eigenvalue weighted by atomic mass is 35.5. The molecule has 2 amide bonds. The Morgan fingerprint density at radius 3 is 2.75 bits per heavy atom. The first-order valence-corrected chi connectivity index (χ1v) is 7.26. The maximum Gasteiger partial charge on any atom is 0.224 e. The van der Waals surface area contributed by atoms with Crippen LogP contribution < -0.4 is 11.1 Å². The average molecular weight is 315 g/mol. The zero-order chi connectivity index (χ0) is 14.7. The largest absolute Gasteiger partial charge is 0.369 e. The van der Waals surface area contributed by atoms with Crippen LogP contribution in [0.5, 0.6) is 0 Å². The molecule has 0 aliphatic heterocycles. The molecule has 2 atom stereocenters. The molecule has 1 aromatic carbocycles. The molecular weight excluding hydrogens is 299 g/mol. The van der Waals surface area contributed by atoms with Crippen molar-refractivity contribution in [2.45, 2.75) is 31.7 Å². The number of rotatable bonds is 4. The number of nitrogens with one attached hydrogen (secondary N) is 1. The Morgan fingerprint density at radius 1 is 1.30 bits per heavy atom. The van der Waals surface area contributed by atoms with Gasteiger partial charge in [-0.2, -0.15) is 0 Å². The summed E-state index contributed by atoms with van der Waals surface area (Å²) in [5.41, 5.74) is 6.00. The Balaban J connectivity index is 1.99. The van der Waals surface area contributed by atoms with Gasteiger partial charge in [0.15, 0.2) is 0 Å². The average Bonchev–Trinajstić information content (AvgIpc) is 2.83. The molecule has 0 aromatic heterocycles. The Bertz CT molecular complexity index is 534. The second kappa shape index (κ2) is 6.46. The Kier molecular flexibility index (Phi) is 4.89. The highest BCUT2D eigenvalue weighted by molar-refractivity contribution is 6.42. The predicted molar refractivity (Wildman–Crippen MR) is 78.6 cm³/mol. The van der Waals surface area contributed by atoms with Gasteiger partial charge in [-0.05, 0) is 24.5 Å². The van der Waals surface area contributed by atoms with E-state index in [9.17, 15) is 9.59 Å². The number of hydrogen-bond acceptors (Lipinski definition) is 2. The fourth-order valence-corrected chi connectivity index (χ4v) is 2.98. The van der Waals surface area contributed by atoms with Gasteiger partial charge in [0.25, 0.3) is 0 Å². The molecular formula is C14H16Cl2N2O2. The Morgan fingerprint density at radius 2 is 2.05 bits per heavy atom. The smallest absolute Gasteiger partial charge is 0.224 e. The molecule has 1 fully saturated rings. The molecule has 2 rings (SSSR count). The number of nitrogens with two attached hydrogens (primary N) is 1. The summed E-state index contributed by atoms with van der Waals surface area (Å²) in [5.74, 6) is -0.797. The lowest BCUT2D eigenvalue weighted by Gasteiger charge is -2.18. The number of amides is 2. The van der Waals surface area contributed by atoms with Crippen LogP contribution in [0.1, 0.15) is 24.8 Å². The minimum atomic E-state index is -0.353. The fourth-order valence-electron chi connectivity index (χ4n) is 2.59. The van der Waals surface area contributed by atoms with Crippen molar-refractivity contribution in [2.75, 3.05) is 0 Å². The monoisotopic (exact) mass is 314 g/mol. The Labute approximate surface area is 127 Å². The van der Waals surface area contributed by atoms with Gasteiger partial charge < -0.3 is 11.1 Å². The second-order valence-corrected chi connectivity index (χ2v) is 5.79.